The van der Waals surface area contributed by atoms with Crippen LogP contribution in [-0.2, 0) is 0 Å². The number of anilines is 1. The average molecular weight is 282 g/mol. The first-order valence-corrected chi connectivity index (χ1v) is 5.86. The van der Waals surface area contributed by atoms with Crippen LogP contribution in [-0.4, -0.2) is 15.9 Å². The minimum Gasteiger partial charge on any atom is -0.508 e. The number of carbonyl (C=O) groups is 1. The lowest BCUT2D eigenvalue weighted by molar-refractivity contribution is -0.385. The first-order chi connectivity index (χ1) is 10.0. The van der Waals surface area contributed by atoms with Crippen molar-refractivity contribution in [2.45, 2.75) is 0 Å². The number of rotatable bonds is 3. The third-order valence-electron chi connectivity index (χ3n) is 2.71. The maximum atomic E-state index is 12.1. The molecule has 1 amide bonds. The number of hydrogen-bond acceptors (Lipinski definition) is 4. The van der Waals surface area contributed by atoms with E-state index >= 15 is 0 Å². The number of carbonyl (C=O) groups excluding carboxylic acids is 1. The minimum atomic E-state index is -0.702. The Hall–Kier alpha value is -3.33. The van der Waals surface area contributed by atoms with Crippen molar-refractivity contribution in [3.63, 3.8) is 0 Å². The summed E-state index contributed by atoms with van der Waals surface area (Å²) in [7, 11) is 0. The Balaban J connectivity index is 2.34. The molecule has 0 aliphatic carbocycles. The number of terminal acetylenes is 1. The number of nitro groups is 1. The van der Waals surface area contributed by atoms with Gasteiger partial charge in [-0.2, -0.15) is 0 Å². The molecule has 0 atom stereocenters. The van der Waals surface area contributed by atoms with E-state index in [0.717, 1.165) is 18.2 Å². The number of phenolic OH excluding ortho intramolecular Hbond substituents is 1. The van der Waals surface area contributed by atoms with E-state index in [2.05, 4.69) is 11.2 Å². The molecule has 6 heteroatoms. The molecule has 0 aliphatic heterocycles. The Kier molecular flexibility index (Phi) is 3.86. The zero-order valence-corrected chi connectivity index (χ0v) is 10.7. The van der Waals surface area contributed by atoms with Crippen LogP contribution in [0.1, 0.15) is 15.9 Å². The fraction of sp³-hybridized carbons (Fsp3) is 0. The van der Waals surface area contributed by atoms with Crippen LogP contribution in [0.4, 0.5) is 11.4 Å². The highest BCUT2D eigenvalue weighted by atomic mass is 16.6. The van der Waals surface area contributed by atoms with Crippen molar-refractivity contribution < 1.29 is 14.8 Å². The molecular formula is C15H10N2O4. The highest BCUT2D eigenvalue weighted by molar-refractivity contribution is 6.07. The van der Waals surface area contributed by atoms with Crippen molar-refractivity contribution in [1.29, 1.82) is 0 Å². The van der Waals surface area contributed by atoms with Crippen LogP contribution >= 0.6 is 0 Å². The summed E-state index contributed by atoms with van der Waals surface area (Å²) < 4.78 is 0. The molecule has 2 rings (SSSR count). The number of benzene rings is 2. The number of nitrogens with one attached hydrogen (secondary N) is 1. The van der Waals surface area contributed by atoms with Crippen LogP contribution in [0, 0.1) is 22.5 Å². The summed E-state index contributed by atoms with van der Waals surface area (Å²) in [6.07, 6.45) is 5.26. The molecule has 0 saturated carbocycles. The van der Waals surface area contributed by atoms with Gasteiger partial charge in [0.2, 0.25) is 0 Å². The van der Waals surface area contributed by atoms with Gasteiger partial charge in [0.1, 0.15) is 11.3 Å². The van der Waals surface area contributed by atoms with Gasteiger partial charge in [0.15, 0.2) is 0 Å². The second-order valence-electron chi connectivity index (χ2n) is 4.14. The maximum Gasteiger partial charge on any atom is 0.282 e. The molecule has 0 radical (unpaired) electrons. The number of phenols is 1. The summed E-state index contributed by atoms with van der Waals surface area (Å²) in [6.45, 7) is 0. The molecule has 0 heterocycles. The first kappa shape index (κ1) is 14.1. The number of aromatic hydroxyl groups is 1. The number of hydrogen-bond donors (Lipinski definition) is 2. The lowest BCUT2D eigenvalue weighted by atomic mass is 10.1. The summed E-state index contributed by atoms with van der Waals surface area (Å²) in [5.74, 6) is 1.48. The third kappa shape index (κ3) is 3.16. The summed E-state index contributed by atoms with van der Waals surface area (Å²) in [6, 6.07) is 9.77. The van der Waals surface area contributed by atoms with Gasteiger partial charge in [-0.1, -0.05) is 12.0 Å². The molecule has 2 aromatic carbocycles. The zero-order chi connectivity index (χ0) is 15.4. The van der Waals surface area contributed by atoms with E-state index in [4.69, 9.17) is 6.42 Å². The summed E-state index contributed by atoms with van der Waals surface area (Å²) in [5, 5.41) is 22.8. The molecular weight excluding hydrogens is 272 g/mol. The van der Waals surface area contributed by atoms with Crippen LogP contribution < -0.4 is 5.32 Å². The highest BCUT2D eigenvalue weighted by Crippen LogP contribution is 2.24. The van der Waals surface area contributed by atoms with Gasteiger partial charge in [-0.25, -0.2) is 0 Å². The predicted octanol–water partition coefficient (Wildman–Crippen LogP) is 2.53. The van der Waals surface area contributed by atoms with Crippen molar-refractivity contribution in [1.82, 2.24) is 0 Å². The van der Waals surface area contributed by atoms with Crippen LogP contribution in [0.15, 0.2) is 42.5 Å². The molecule has 0 fully saturated rings. The maximum absolute atomic E-state index is 12.1. The Morgan fingerprint density at radius 1 is 1.29 bits per heavy atom. The Labute approximate surface area is 120 Å². The molecule has 6 nitrogen and oxygen atoms in total. The summed E-state index contributed by atoms with van der Waals surface area (Å²) >= 11 is 0. The lowest BCUT2D eigenvalue weighted by Gasteiger charge is -2.06. The SMILES string of the molecule is C#Cc1cccc(NC(=O)c2cc(O)ccc2[N+](=O)[O-])c1. The normalized spacial score (nSPS) is 9.67. The van der Waals surface area contributed by atoms with E-state index in [1.807, 2.05) is 0 Å². The van der Waals surface area contributed by atoms with Crippen LogP contribution in [0.2, 0.25) is 0 Å². The van der Waals surface area contributed by atoms with E-state index in [-0.39, 0.29) is 11.3 Å². The average Bonchev–Trinajstić information content (AvgIpc) is 2.47. The molecule has 2 N–H and O–H groups in total. The predicted molar refractivity (Wildman–Crippen MR) is 77.1 cm³/mol. The van der Waals surface area contributed by atoms with Gasteiger partial charge in [0.05, 0.1) is 4.92 Å². The second kappa shape index (κ2) is 5.75. The van der Waals surface area contributed by atoms with Crippen LogP contribution in [0.5, 0.6) is 5.75 Å². The van der Waals surface area contributed by atoms with Crippen molar-refractivity contribution in [2.24, 2.45) is 0 Å². The first-order valence-electron chi connectivity index (χ1n) is 5.86. The van der Waals surface area contributed by atoms with Crippen molar-refractivity contribution in [2.75, 3.05) is 5.32 Å². The molecule has 0 unspecified atom stereocenters. The van der Waals surface area contributed by atoms with Gasteiger partial charge in [-0.05, 0) is 30.3 Å². The van der Waals surface area contributed by atoms with Gasteiger partial charge < -0.3 is 10.4 Å². The van der Waals surface area contributed by atoms with Gasteiger partial charge in [-0.15, -0.1) is 6.42 Å². The van der Waals surface area contributed by atoms with Crippen LogP contribution in [0.3, 0.4) is 0 Å². The van der Waals surface area contributed by atoms with Gasteiger partial charge in [0.25, 0.3) is 11.6 Å². The Morgan fingerprint density at radius 2 is 2.05 bits per heavy atom. The van der Waals surface area contributed by atoms with Crippen molar-refractivity contribution >= 4 is 17.3 Å². The molecule has 0 bridgehead atoms. The number of amides is 1. The minimum absolute atomic E-state index is 0.230. The smallest absolute Gasteiger partial charge is 0.282 e. The molecule has 21 heavy (non-hydrogen) atoms. The molecule has 0 aromatic heterocycles. The number of nitro benzene ring substituents is 1. The molecule has 0 saturated heterocycles. The fourth-order valence-electron chi connectivity index (χ4n) is 1.75. The highest BCUT2D eigenvalue weighted by Gasteiger charge is 2.20. The van der Waals surface area contributed by atoms with E-state index in [1.165, 1.54) is 0 Å². The van der Waals surface area contributed by atoms with Crippen molar-refractivity contribution in [3.05, 3.63) is 63.7 Å². The third-order valence-corrected chi connectivity index (χ3v) is 2.71. The second-order valence-corrected chi connectivity index (χ2v) is 4.14. The van der Waals surface area contributed by atoms with Crippen LogP contribution in [0.25, 0.3) is 0 Å². The molecule has 0 spiro atoms. The number of nitrogens with zero attached hydrogens (tertiary/aromatic N) is 1. The van der Waals surface area contributed by atoms with E-state index in [0.29, 0.717) is 11.3 Å². The van der Waals surface area contributed by atoms with E-state index in [1.54, 1.807) is 24.3 Å². The molecule has 0 aliphatic rings. The monoisotopic (exact) mass is 282 g/mol. The Bertz CT molecular complexity index is 763. The zero-order valence-electron chi connectivity index (χ0n) is 10.7. The van der Waals surface area contributed by atoms with E-state index in [9.17, 15) is 20.0 Å². The van der Waals surface area contributed by atoms with E-state index < -0.39 is 16.5 Å². The van der Waals surface area contributed by atoms with Gasteiger partial charge in [0, 0.05) is 17.3 Å². The quantitative estimate of drug-likeness (QED) is 0.514. The van der Waals surface area contributed by atoms with Crippen molar-refractivity contribution in [3.8, 4) is 18.1 Å². The Morgan fingerprint density at radius 3 is 2.71 bits per heavy atom. The standard InChI is InChI=1S/C15H10N2O4/c1-2-10-4-3-5-11(8-10)16-15(19)13-9-12(18)6-7-14(13)17(20)21/h1,3-9,18H,(H,16,19). The topological polar surface area (TPSA) is 92.5 Å². The fourth-order valence-corrected chi connectivity index (χ4v) is 1.75. The largest absolute Gasteiger partial charge is 0.508 e. The summed E-state index contributed by atoms with van der Waals surface area (Å²) in [5.41, 5.74) is 0.357. The summed E-state index contributed by atoms with van der Waals surface area (Å²) in [4.78, 5) is 22.3. The van der Waals surface area contributed by atoms with Gasteiger partial charge >= 0.3 is 0 Å². The molecule has 104 valence electrons. The van der Waals surface area contributed by atoms with Gasteiger partial charge in [-0.3, -0.25) is 14.9 Å². The lowest BCUT2D eigenvalue weighted by Crippen LogP contribution is -2.14. The molecule has 2 aromatic rings.